The molecule has 4 nitrogen and oxygen atoms in total. The Morgan fingerprint density at radius 2 is 1.72 bits per heavy atom. The zero-order valence-corrected chi connectivity index (χ0v) is 17.8. The lowest BCUT2D eigenvalue weighted by molar-refractivity contribution is 0.395. The van der Waals surface area contributed by atoms with Gasteiger partial charge in [0.25, 0.3) is 0 Å². The van der Waals surface area contributed by atoms with Crippen molar-refractivity contribution in [2.24, 2.45) is 0 Å². The Kier molecular flexibility index (Phi) is 5.18. The average molecular weight is 389 g/mol. The quantitative estimate of drug-likeness (QED) is 0.376. The third-order valence-corrected chi connectivity index (χ3v) is 5.91. The molecule has 0 aliphatic rings. The van der Waals surface area contributed by atoms with Gasteiger partial charge in [-0.25, -0.2) is 0 Å². The van der Waals surface area contributed by atoms with Gasteiger partial charge in [-0.1, -0.05) is 32.0 Å². The van der Waals surface area contributed by atoms with E-state index in [0.717, 1.165) is 46.7 Å². The Labute approximate surface area is 172 Å². The van der Waals surface area contributed by atoms with Gasteiger partial charge >= 0.3 is 0 Å². The summed E-state index contributed by atoms with van der Waals surface area (Å²) in [6.07, 6.45) is 4.43. The molecule has 0 saturated carbocycles. The van der Waals surface area contributed by atoms with E-state index in [9.17, 15) is 0 Å². The zero-order valence-electron chi connectivity index (χ0n) is 17.8. The fourth-order valence-electron chi connectivity index (χ4n) is 4.33. The lowest BCUT2D eigenvalue weighted by Crippen LogP contribution is -2.06. The Morgan fingerprint density at radius 1 is 0.931 bits per heavy atom. The van der Waals surface area contributed by atoms with Gasteiger partial charge in [0, 0.05) is 45.9 Å². The molecule has 4 aromatic rings. The van der Waals surface area contributed by atoms with Gasteiger partial charge in [-0.15, -0.1) is 0 Å². The van der Waals surface area contributed by atoms with Crippen LogP contribution in [0.3, 0.4) is 0 Å². The molecule has 0 unspecified atom stereocenters. The second kappa shape index (κ2) is 7.78. The Bertz CT molecular complexity index is 1170. The molecule has 0 atom stereocenters. The largest absolute Gasteiger partial charge is 0.497 e. The molecular weight excluding hydrogens is 360 g/mol. The molecule has 0 spiro atoms. The van der Waals surface area contributed by atoms with E-state index in [1.54, 1.807) is 14.2 Å². The first-order valence-corrected chi connectivity index (χ1v) is 10.2. The van der Waals surface area contributed by atoms with E-state index in [2.05, 4.69) is 55.8 Å². The third kappa shape index (κ3) is 3.13. The topological polar surface area (TPSA) is 36.3 Å². The van der Waals surface area contributed by atoms with Gasteiger partial charge in [0.15, 0.2) is 0 Å². The van der Waals surface area contributed by atoms with Crippen LogP contribution in [0.5, 0.6) is 11.5 Å². The van der Waals surface area contributed by atoms with Crippen molar-refractivity contribution in [3.63, 3.8) is 0 Å². The van der Waals surface area contributed by atoms with E-state index in [1.807, 2.05) is 18.2 Å². The average Bonchev–Trinajstić information content (AvgIpc) is 3.20. The van der Waals surface area contributed by atoms with Gasteiger partial charge in [0.2, 0.25) is 0 Å². The predicted molar refractivity (Wildman–Crippen MR) is 120 cm³/mol. The molecule has 2 aromatic carbocycles. The number of aromatic nitrogens is 2. The molecule has 0 N–H and O–H groups in total. The number of nitrogens with zero attached hydrogens (tertiary/aromatic N) is 2. The molecule has 4 heteroatoms. The summed E-state index contributed by atoms with van der Waals surface area (Å²) in [4.78, 5) is 5.02. The highest BCUT2D eigenvalue weighted by Crippen LogP contribution is 2.39. The van der Waals surface area contributed by atoms with Crippen LogP contribution in [-0.2, 0) is 0 Å². The van der Waals surface area contributed by atoms with Crippen LogP contribution in [0.4, 0.5) is 0 Å². The second-order valence-electron chi connectivity index (χ2n) is 7.42. The molecule has 0 amide bonds. The highest BCUT2D eigenvalue weighted by Gasteiger charge is 2.18. The number of ether oxygens (including phenoxy) is 2. The molecule has 0 bridgehead atoms. The van der Waals surface area contributed by atoms with Gasteiger partial charge in [-0.3, -0.25) is 4.98 Å². The SMILES string of the molecule is CCC(CC)n1ccc2c(C)nc3c(-c4ccc(OC)cc4OC)cccc3c21. The minimum atomic E-state index is 0.483. The molecule has 0 aliphatic carbocycles. The number of benzene rings is 2. The number of methoxy groups -OCH3 is 2. The number of pyridine rings is 1. The summed E-state index contributed by atoms with van der Waals surface area (Å²) in [6, 6.07) is 15.0. The van der Waals surface area contributed by atoms with Crippen LogP contribution in [0, 0.1) is 6.92 Å². The molecule has 0 fully saturated rings. The number of rotatable bonds is 6. The third-order valence-electron chi connectivity index (χ3n) is 5.91. The van der Waals surface area contributed by atoms with Crippen molar-refractivity contribution in [3.05, 3.63) is 54.4 Å². The molecular formula is C25H28N2O2. The molecule has 4 rings (SSSR count). The van der Waals surface area contributed by atoms with Crippen molar-refractivity contribution in [2.75, 3.05) is 14.2 Å². The monoisotopic (exact) mass is 388 g/mol. The van der Waals surface area contributed by atoms with Crippen molar-refractivity contribution in [2.45, 2.75) is 39.7 Å². The van der Waals surface area contributed by atoms with Crippen molar-refractivity contribution in [3.8, 4) is 22.6 Å². The molecule has 29 heavy (non-hydrogen) atoms. The lowest BCUT2D eigenvalue weighted by Gasteiger charge is -2.19. The van der Waals surface area contributed by atoms with Crippen LogP contribution >= 0.6 is 0 Å². The molecule has 0 aliphatic heterocycles. The maximum Gasteiger partial charge on any atom is 0.130 e. The Hall–Kier alpha value is -3.01. The van der Waals surface area contributed by atoms with Crippen molar-refractivity contribution >= 4 is 21.8 Å². The summed E-state index contributed by atoms with van der Waals surface area (Å²) < 4.78 is 13.5. The minimum Gasteiger partial charge on any atom is -0.497 e. The fraction of sp³-hybridized carbons (Fsp3) is 0.320. The van der Waals surface area contributed by atoms with Crippen LogP contribution < -0.4 is 9.47 Å². The van der Waals surface area contributed by atoms with E-state index < -0.39 is 0 Å². The summed E-state index contributed by atoms with van der Waals surface area (Å²) in [5, 5.41) is 2.40. The van der Waals surface area contributed by atoms with Gasteiger partial charge < -0.3 is 14.0 Å². The molecule has 2 aromatic heterocycles. The van der Waals surface area contributed by atoms with Crippen LogP contribution in [0.25, 0.3) is 32.9 Å². The standard InChI is InChI=1S/C25H28N2O2/c1-6-17(7-2)27-14-13-19-16(3)26-24-21(9-8-10-22(24)25(19)27)20-12-11-18(28-4)15-23(20)29-5/h8-15,17H,6-7H2,1-5H3. The van der Waals surface area contributed by atoms with E-state index in [-0.39, 0.29) is 0 Å². The first kappa shape index (κ1) is 19.3. The van der Waals surface area contributed by atoms with Crippen molar-refractivity contribution in [1.82, 2.24) is 9.55 Å². The zero-order chi connectivity index (χ0) is 20.5. The molecule has 150 valence electrons. The number of fused-ring (bicyclic) bond motifs is 3. The van der Waals surface area contributed by atoms with E-state index in [0.29, 0.717) is 6.04 Å². The maximum absolute atomic E-state index is 5.68. The van der Waals surface area contributed by atoms with E-state index in [1.165, 1.54) is 16.3 Å². The van der Waals surface area contributed by atoms with Gasteiger partial charge in [0.05, 0.1) is 25.3 Å². The van der Waals surface area contributed by atoms with Crippen molar-refractivity contribution in [1.29, 1.82) is 0 Å². The van der Waals surface area contributed by atoms with Gasteiger partial charge in [0.1, 0.15) is 11.5 Å². The van der Waals surface area contributed by atoms with Crippen LogP contribution in [0.1, 0.15) is 38.4 Å². The van der Waals surface area contributed by atoms with Gasteiger partial charge in [-0.05, 0) is 38.0 Å². The van der Waals surface area contributed by atoms with Crippen LogP contribution in [0.15, 0.2) is 48.7 Å². The number of hydrogen-bond donors (Lipinski definition) is 0. The highest BCUT2D eigenvalue weighted by molar-refractivity contribution is 6.10. The second-order valence-corrected chi connectivity index (χ2v) is 7.42. The fourth-order valence-corrected chi connectivity index (χ4v) is 4.33. The first-order chi connectivity index (χ1) is 14.1. The minimum absolute atomic E-state index is 0.483. The Balaban J connectivity index is 2.05. The number of hydrogen-bond acceptors (Lipinski definition) is 3. The van der Waals surface area contributed by atoms with Crippen LogP contribution in [0.2, 0.25) is 0 Å². The summed E-state index contributed by atoms with van der Waals surface area (Å²) in [5.74, 6) is 1.56. The molecule has 0 radical (unpaired) electrons. The number of aryl methyl sites for hydroxylation is 1. The van der Waals surface area contributed by atoms with E-state index in [4.69, 9.17) is 14.5 Å². The number of para-hydroxylation sites is 1. The Morgan fingerprint density at radius 3 is 2.41 bits per heavy atom. The normalized spacial score (nSPS) is 11.5. The molecule has 2 heterocycles. The smallest absolute Gasteiger partial charge is 0.130 e. The highest BCUT2D eigenvalue weighted by atomic mass is 16.5. The summed E-state index contributed by atoms with van der Waals surface area (Å²) in [7, 11) is 3.36. The summed E-state index contributed by atoms with van der Waals surface area (Å²) in [5.41, 5.74) is 5.43. The maximum atomic E-state index is 5.68. The lowest BCUT2D eigenvalue weighted by atomic mass is 9.99. The van der Waals surface area contributed by atoms with E-state index >= 15 is 0 Å². The summed E-state index contributed by atoms with van der Waals surface area (Å²) in [6.45, 7) is 6.61. The first-order valence-electron chi connectivity index (χ1n) is 10.2. The van der Waals surface area contributed by atoms with Gasteiger partial charge in [-0.2, -0.15) is 0 Å². The van der Waals surface area contributed by atoms with Crippen molar-refractivity contribution < 1.29 is 9.47 Å². The predicted octanol–water partition coefficient (Wildman–Crippen LogP) is 6.54. The summed E-state index contributed by atoms with van der Waals surface area (Å²) >= 11 is 0. The molecule has 0 saturated heterocycles. The van der Waals surface area contributed by atoms with Crippen LogP contribution in [-0.4, -0.2) is 23.8 Å².